The normalized spacial score (nSPS) is 28.1. The van der Waals surface area contributed by atoms with Crippen LogP contribution in [0.1, 0.15) is 19.8 Å². The minimum atomic E-state index is -0.290. The van der Waals surface area contributed by atoms with Gasteiger partial charge in [-0.3, -0.25) is 0 Å². The van der Waals surface area contributed by atoms with E-state index in [2.05, 4.69) is 8.75 Å². The van der Waals surface area contributed by atoms with Crippen molar-refractivity contribution in [1.29, 1.82) is 0 Å². The van der Waals surface area contributed by atoms with Crippen molar-refractivity contribution in [2.75, 3.05) is 11.4 Å². The Kier molecular flexibility index (Phi) is 2.90. The summed E-state index contributed by atoms with van der Waals surface area (Å²) in [6, 6.07) is 0.0742. The van der Waals surface area contributed by atoms with Crippen LogP contribution >= 0.6 is 23.3 Å². The fourth-order valence-electron chi connectivity index (χ4n) is 1.77. The van der Waals surface area contributed by atoms with Crippen LogP contribution in [0.15, 0.2) is 0 Å². The SMILES string of the molecule is CC1C(O)CCCN1c1nsnc1Cl. The Morgan fingerprint density at radius 2 is 2.36 bits per heavy atom. The van der Waals surface area contributed by atoms with E-state index in [4.69, 9.17) is 11.6 Å². The molecular formula is C8H12ClN3OS. The summed E-state index contributed by atoms with van der Waals surface area (Å²) in [6.45, 7) is 2.88. The molecule has 0 spiro atoms. The molecule has 1 aliphatic rings. The van der Waals surface area contributed by atoms with Gasteiger partial charge in [-0.25, -0.2) is 0 Å². The molecule has 2 unspecified atom stereocenters. The van der Waals surface area contributed by atoms with Gasteiger partial charge in [-0.1, -0.05) is 11.6 Å². The number of hydrogen-bond acceptors (Lipinski definition) is 5. The molecule has 0 amide bonds. The van der Waals surface area contributed by atoms with Gasteiger partial charge < -0.3 is 10.0 Å². The van der Waals surface area contributed by atoms with Gasteiger partial charge in [0.1, 0.15) is 0 Å². The number of anilines is 1. The molecule has 1 aromatic rings. The Bertz CT molecular complexity index is 319. The maximum absolute atomic E-state index is 9.71. The molecule has 14 heavy (non-hydrogen) atoms. The molecular weight excluding hydrogens is 222 g/mol. The summed E-state index contributed by atoms with van der Waals surface area (Å²) in [5.74, 6) is 0.711. The predicted molar refractivity (Wildman–Crippen MR) is 57.0 cm³/mol. The van der Waals surface area contributed by atoms with Crippen molar-refractivity contribution in [2.24, 2.45) is 0 Å². The molecule has 0 aliphatic carbocycles. The lowest BCUT2D eigenvalue weighted by molar-refractivity contribution is 0.119. The Morgan fingerprint density at radius 1 is 1.57 bits per heavy atom. The first-order chi connectivity index (χ1) is 6.70. The van der Waals surface area contributed by atoms with Gasteiger partial charge >= 0.3 is 0 Å². The lowest BCUT2D eigenvalue weighted by Crippen LogP contribution is -2.46. The Morgan fingerprint density at radius 3 is 3.00 bits per heavy atom. The smallest absolute Gasteiger partial charge is 0.187 e. The van der Waals surface area contributed by atoms with E-state index in [1.807, 2.05) is 11.8 Å². The maximum Gasteiger partial charge on any atom is 0.187 e. The Labute approximate surface area is 91.8 Å². The largest absolute Gasteiger partial charge is 0.391 e. The summed E-state index contributed by atoms with van der Waals surface area (Å²) >= 11 is 7.01. The lowest BCUT2D eigenvalue weighted by Gasteiger charge is -2.36. The summed E-state index contributed by atoms with van der Waals surface area (Å²) in [7, 11) is 0. The van der Waals surface area contributed by atoms with Crippen molar-refractivity contribution in [1.82, 2.24) is 8.75 Å². The first kappa shape index (κ1) is 10.1. The second-order valence-corrected chi connectivity index (χ2v) is 4.41. The molecule has 1 aliphatic heterocycles. The Hall–Kier alpha value is -0.390. The molecule has 2 heterocycles. The van der Waals surface area contributed by atoms with Gasteiger partial charge in [0.2, 0.25) is 0 Å². The van der Waals surface area contributed by atoms with Crippen LogP contribution < -0.4 is 4.90 Å². The molecule has 1 aromatic heterocycles. The third kappa shape index (κ3) is 1.71. The standard InChI is InChI=1S/C8H12ClN3OS/c1-5-6(13)3-2-4-12(5)8-7(9)10-14-11-8/h5-6,13H,2-4H2,1H3. The van der Waals surface area contributed by atoms with Crippen molar-refractivity contribution in [2.45, 2.75) is 31.9 Å². The Balaban J connectivity index is 2.21. The average molecular weight is 234 g/mol. The second kappa shape index (κ2) is 4.00. The minimum Gasteiger partial charge on any atom is -0.391 e. The molecule has 1 N–H and O–H groups in total. The van der Waals surface area contributed by atoms with Gasteiger partial charge in [0.25, 0.3) is 0 Å². The van der Waals surface area contributed by atoms with Crippen LogP contribution in [0.4, 0.5) is 5.82 Å². The zero-order valence-corrected chi connectivity index (χ0v) is 9.42. The predicted octanol–water partition coefficient (Wildman–Crippen LogP) is 1.54. The zero-order valence-electron chi connectivity index (χ0n) is 7.85. The summed E-state index contributed by atoms with van der Waals surface area (Å²) in [5.41, 5.74) is 0. The van der Waals surface area contributed by atoms with Crippen molar-refractivity contribution in [3.05, 3.63) is 5.15 Å². The summed E-state index contributed by atoms with van der Waals surface area (Å²) < 4.78 is 8.06. The lowest BCUT2D eigenvalue weighted by atomic mass is 10.0. The third-order valence-corrected chi connectivity index (χ3v) is 3.52. The fourth-order valence-corrected chi connectivity index (χ4v) is 2.52. The second-order valence-electron chi connectivity index (χ2n) is 3.52. The van der Waals surface area contributed by atoms with Crippen LogP contribution in [-0.2, 0) is 0 Å². The monoisotopic (exact) mass is 233 g/mol. The van der Waals surface area contributed by atoms with E-state index < -0.39 is 0 Å². The number of nitrogens with zero attached hydrogens (tertiary/aromatic N) is 3. The van der Waals surface area contributed by atoms with E-state index in [9.17, 15) is 5.11 Å². The highest BCUT2D eigenvalue weighted by Crippen LogP contribution is 2.29. The highest BCUT2D eigenvalue weighted by molar-refractivity contribution is 6.99. The van der Waals surface area contributed by atoms with Gasteiger partial charge in [0, 0.05) is 6.54 Å². The first-order valence-corrected chi connectivity index (χ1v) is 5.73. The van der Waals surface area contributed by atoms with Gasteiger partial charge in [0.15, 0.2) is 11.0 Å². The number of rotatable bonds is 1. The van der Waals surface area contributed by atoms with Gasteiger partial charge in [0.05, 0.1) is 23.9 Å². The topological polar surface area (TPSA) is 49.2 Å². The number of hydrogen-bond donors (Lipinski definition) is 1. The molecule has 0 bridgehead atoms. The number of piperidine rings is 1. The van der Waals surface area contributed by atoms with Crippen LogP contribution in [-0.4, -0.2) is 32.5 Å². The minimum absolute atomic E-state index is 0.0742. The molecule has 0 radical (unpaired) electrons. The molecule has 78 valence electrons. The van der Waals surface area contributed by atoms with Crippen LogP contribution in [0.25, 0.3) is 0 Å². The van der Waals surface area contributed by atoms with E-state index in [-0.39, 0.29) is 12.1 Å². The number of aliphatic hydroxyl groups excluding tert-OH is 1. The van der Waals surface area contributed by atoms with Crippen molar-refractivity contribution < 1.29 is 5.11 Å². The van der Waals surface area contributed by atoms with Gasteiger partial charge in [-0.05, 0) is 19.8 Å². The van der Waals surface area contributed by atoms with E-state index >= 15 is 0 Å². The molecule has 1 saturated heterocycles. The number of aliphatic hydroxyl groups is 1. The molecule has 0 saturated carbocycles. The number of halogens is 1. The molecule has 1 fully saturated rings. The first-order valence-electron chi connectivity index (χ1n) is 4.63. The average Bonchev–Trinajstić information content (AvgIpc) is 2.57. The summed E-state index contributed by atoms with van der Waals surface area (Å²) in [6.07, 6.45) is 1.54. The van der Waals surface area contributed by atoms with Crippen LogP contribution in [0, 0.1) is 0 Å². The van der Waals surface area contributed by atoms with Crippen LogP contribution in [0.2, 0.25) is 5.15 Å². The number of aromatic nitrogens is 2. The van der Waals surface area contributed by atoms with Crippen molar-refractivity contribution in [3.8, 4) is 0 Å². The van der Waals surface area contributed by atoms with Crippen LogP contribution in [0.5, 0.6) is 0 Å². The zero-order chi connectivity index (χ0) is 10.1. The third-order valence-electron chi connectivity index (χ3n) is 2.65. The van der Waals surface area contributed by atoms with Crippen LogP contribution in [0.3, 0.4) is 0 Å². The summed E-state index contributed by atoms with van der Waals surface area (Å²) in [4.78, 5) is 2.03. The van der Waals surface area contributed by atoms with E-state index in [1.54, 1.807) is 0 Å². The molecule has 2 atom stereocenters. The van der Waals surface area contributed by atoms with Gasteiger partial charge in [-0.15, -0.1) is 0 Å². The van der Waals surface area contributed by atoms with Crippen molar-refractivity contribution in [3.63, 3.8) is 0 Å². The molecule has 2 rings (SSSR count). The molecule has 6 heteroatoms. The van der Waals surface area contributed by atoms with Crippen molar-refractivity contribution >= 4 is 29.1 Å². The maximum atomic E-state index is 9.71. The van der Waals surface area contributed by atoms with E-state index in [0.717, 1.165) is 31.1 Å². The molecule has 0 aromatic carbocycles. The van der Waals surface area contributed by atoms with E-state index in [0.29, 0.717) is 11.0 Å². The highest BCUT2D eigenvalue weighted by atomic mass is 35.5. The fraction of sp³-hybridized carbons (Fsp3) is 0.750. The summed E-state index contributed by atoms with van der Waals surface area (Å²) in [5, 5.41) is 10.1. The molecule has 4 nitrogen and oxygen atoms in total. The van der Waals surface area contributed by atoms with E-state index in [1.165, 1.54) is 0 Å². The highest BCUT2D eigenvalue weighted by Gasteiger charge is 2.29. The van der Waals surface area contributed by atoms with Gasteiger partial charge in [-0.2, -0.15) is 8.75 Å². The quantitative estimate of drug-likeness (QED) is 0.800.